The maximum absolute atomic E-state index is 9.16. The first-order chi connectivity index (χ1) is 7.70. The van der Waals surface area contributed by atoms with E-state index in [0.29, 0.717) is 6.04 Å². The van der Waals surface area contributed by atoms with Gasteiger partial charge in [0.15, 0.2) is 0 Å². The Bertz CT molecular complexity index is 238. The van der Waals surface area contributed by atoms with Gasteiger partial charge in [-0.15, -0.1) is 0 Å². The highest BCUT2D eigenvalue weighted by Gasteiger charge is 2.31. The molecule has 4 heteroatoms. The molecular weight excluding hydrogens is 220 g/mol. The second-order valence-corrected chi connectivity index (χ2v) is 5.80. The Hall–Kier alpha value is -0.240. The highest BCUT2D eigenvalue weighted by Crippen LogP contribution is 2.24. The summed E-state index contributed by atoms with van der Waals surface area (Å²) >= 11 is 1.90. The van der Waals surface area contributed by atoms with Crippen molar-refractivity contribution in [3.8, 4) is 6.07 Å². The van der Waals surface area contributed by atoms with Gasteiger partial charge in [0.25, 0.3) is 0 Å². The first-order valence-electron chi connectivity index (χ1n) is 5.96. The minimum absolute atomic E-state index is 0.316. The van der Waals surface area contributed by atoms with Crippen molar-refractivity contribution in [2.45, 2.75) is 44.2 Å². The predicted molar refractivity (Wildman–Crippen MR) is 68.6 cm³/mol. The largest absolute Gasteiger partial charge is 0.384 e. The molecular formula is C12H22N2OS. The third-order valence-electron chi connectivity index (χ3n) is 2.74. The normalized spacial score (nSPS) is 19.1. The van der Waals surface area contributed by atoms with Crippen LogP contribution in [0.2, 0.25) is 0 Å². The van der Waals surface area contributed by atoms with Crippen LogP contribution in [-0.2, 0) is 4.74 Å². The molecule has 1 saturated carbocycles. The summed E-state index contributed by atoms with van der Waals surface area (Å²) in [6.45, 7) is 2.84. The lowest BCUT2D eigenvalue weighted by atomic mass is 9.98. The standard InChI is InChI=1S/C12H22N2OS/c1-12(10-13,14-11-4-5-11)6-3-8-16-9-7-15-2/h11,14H,3-9H2,1-2H3. The van der Waals surface area contributed by atoms with Crippen LogP contribution in [0.4, 0.5) is 0 Å². The van der Waals surface area contributed by atoms with Crippen LogP contribution < -0.4 is 5.32 Å². The van der Waals surface area contributed by atoms with Gasteiger partial charge in [0.2, 0.25) is 0 Å². The summed E-state index contributed by atoms with van der Waals surface area (Å²) in [4.78, 5) is 0. The number of nitriles is 1. The molecule has 0 aromatic rings. The van der Waals surface area contributed by atoms with Gasteiger partial charge in [-0.3, -0.25) is 5.32 Å². The Morgan fingerprint density at radius 2 is 2.25 bits per heavy atom. The van der Waals surface area contributed by atoms with Gasteiger partial charge in [-0.2, -0.15) is 17.0 Å². The van der Waals surface area contributed by atoms with E-state index in [2.05, 4.69) is 11.4 Å². The summed E-state index contributed by atoms with van der Waals surface area (Å²) < 4.78 is 4.99. The number of hydrogen-bond donors (Lipinski definition) is 1. The van der Waals surface area contributed by atoms with Gasteiger partial charge in [0.1, 0.15) is 5.54 Å². The van der Waals surface area contributed by atoms with E-state index in [0.717, 1.165) is 31.0 Å². The summed E-state index contributed by atoms with van der Waals surface area (Å²) in [5, 5.41) is 12.6. The molecule has 16 heavy (non-hydrogen) atoms. The molecule has 1 unspecified atom stereocenters. The zero-order chi connectivity index (χ0) is 11.9. The number of nitrogens with one attached hydrogen (secondary N) is 1. The van der Waals surface area contributed by atoms with Crippen LogP contribution >= 0.6 is 11.8 Å². The van der Waals surface area contributed by atoms with E-state index < -0.39 is 0 Å². The fourth-order valence-corrected chi connectivity index (χ4v) is 2.45. The molecule has 3 nitrogen and oxygen atoms in total. The van der Waals surface area contributed by atoms with Gasteiger partial charge in [-0.25, -0.2) is 0 Å². The SMILES string of the molecule is COCCSCCCC(C)(C#N)NC1CC1. The monoisotopic (exact) mass is 242 g/mol. The van der Waals surface area contributed by atoms with E-state index in [1.54, 1.807) is 7.11 Å². The summed E-state index contributed by atoms with van der Waals surface area (Å²) in [6.07, 6.45) is 4.51. The molecule has 1 aliphatic rings. The van der Waals surface area contributed by atoms with Crippen LogP contribution in [0.1, 0.15) is 32.6 Å². The molecule has 1 aliphatic carbocycles. The van der Waals surface area contributed by atoms with Gasteiger partial charge < -0.3 is 4.74 Å². The number of methoxy groups -OCH3 is 1. The zero-order valence-corrected chi connectivity index (χ0v) is 11.1. The average Bonchev–Trinajstić information content (AvgIpc) is 3.07. The summed E-state index contributed by atoms with van der Waals surface area (Å²) in [7, 11) is 1.73. The van der Waals surface area contributed by atoms with Gasteiger partial charge in [-0.1, -0.05) is 0 Å². The highest BCUT2D eigenvalue weighted by molar-refractivity contribution is 7.99. The quantitative estimate of drug-likeness (QED) is 0.629. The van der Waals surface area contributed by atoms with Crippen molar-refractivity contribution in [2.24, 2.45) is 0 Å². The van der Waals surface area contributed by atoms with E-state index >= 15 is 0 Å². The van der Waals surface area contributed by atoms with Crippen LogP contribution in [0.3, 0.4) is 0 Å². The molecule has 0 aromatic carbocycles. The van der Waals surface area contributed by atoms with Crippen LogP contribution in [0.25, 0.3) is 0 Å². The van der Waals surface area contributed by atoms with E-state index in [9.17, 15) is 0 Å². The Kier molecular flexibility index (Phi) is 6.18. The Labute approximate surface area is 103 Å². The molecule has 1 N–H and O–H groups in total. The van der Waals surface area contributed by atoms with Gasteiger partial charge in [0, 0.05) is 18.9 Å². The number of thioether (sulfide) groups is 1. The summed E-state index contributed by atoms with van der Waals surface area (Å²) in [5.41, 5.74) is -0.316. The Morgan fingerprint density at radius 1 is 1.50 bits per heavy atom. The minimum Gasteiger partial charge on any atom is -0.384 e. The lowest BCUT2D eigenvalue weighted by Crippen LogP contribution is -2.42. The molecule has 0 aliphatic heterocycles. The molecule has 0 amide bonds. The topological polar surface area (TPSA) is 45.0 Å². The second-order valence-electron chi connectivity index (χ2n) is 4.57. The molecule has 0 aromatic heterocycles. The van der Waals surface area contributed by atoms with Crippen molar-refractivity contribution in [2.75, 3.05) is 25.2 Å². The smallest absolute Gasteiger partial charge is 0.104 e. The van der Waals surface area contributed by atoms with Gasteiger partial charge in [0.05, 0.1) is 12.7 Å². The maximum atomic E-state index is 9.16. The number of nitrogens with zero attached hydrogens (tertiary/aromatic N) is 1. The van der Waals surface area contributed by atoms with Crippen molar-refractivity contribution in [1.82, 2.24) is 5.32 Å². The second kappa shape index (κ2) is 7.16. The molecule has 92 valence electrons. The average molecular weight is 242 g/mol. The first-order valence-corrected chi connectivity index (χ1v) is 7.11. The molecule has 0 spiro atoms. The summed E-state index contributed by atoms with van der Waals surface area (Å²) in [5.74, 6) is 2.17. The van der Waals surface area contributed by atoms with E-state index in [1.807, 2.05) is 18.7 Å². The van der Waals surface area contributed by atoms with Gasteiger partial charge in [-0.05, 0) is 38.4 Å². The van der Waals surface area contributed by atoms with Crippen LogP contribution in [0.15, 0.2) is 0 Å². The fraction of sp³-hybridized carbons (Fsp3) is 0.917. The van der Waals surface area contributed by atoms with E-state index in [1.165, 1.54) is 12.8 Å². The van der Waals surface area contributed by atoms with E-state index in [-0.39, 0.29) is 5.54 Å². The van der Waals surface area contributed by atoms with Crippen molar-refractivity contribution in [3.05, 3.63) is 0 Å². The third kappa shape index (κ3) is 5.74. The minimum atomic E-state index is -0.316. The molecule has 1 rings (SSSR count). The highest BCUT2D eigenvalue weighted by atomic mass is 32.2. The molecule has 1 fully saturated rings. The van der Waals surface area contributed by atoms with Crippen LogP contribution in [0, 0.1) is 11.3 Å². The first kappa shape index (κ1) is 13.8. The fourth-order valence-electron chi connectivity index (χ4n) is 1.61. The molecule has 1 atom stereocenters. The van der Waals surface area contributed by atoms with Gasteiger partial charge >= 0.3 is 0 Å². The number of rotatable bonds is 9. The molecule has 0 saturated heterocycles. The Balaban J connectivity index is 2.06. The maximum Gasteiger partial charge on any atom is 0.104 e. The van der Waals surface area contributed by atoms with E-state index in [4.69, 9.17) is 10.00 Å². The Morgan fingerprint density at radius 3 is 2.81 bits per heavy atom. The third-order valence-corrected chi connectivity index (χ3v) is 3.78. The van der Waals surface area contributed by atoms with Crippen molar-refractivity contribution in [3.63, 3.8) is 0 Å². The van der Waals surface area contributed by atoms with Crippen molar-refractivity contribution in [1.29, 1.82) is 5.26 Å². The van der Waals surface area contributed by atoms with Crippen molar-refractivity contribution < 1.29 is 4.74 Å². The van der Waals surface area contributed by atoms with Crippen molar-refractivity contribution >= 4 is 11.8 Å². The van der Waals surface area contributed by atoms with Crippen LogP contribution in [0.5, 0.6) is 0 Å². The lowest BCUT2D eigenvalue weighted by Gasteiger charge is -2.23. The number of hydrogen-bond acceptors (Lipinski definition) is 4. The molecule has 0 bridgehead atoms. The zero-order valence-electron chi connectivity index (χ0n) is 10.3. The lowest BCUT2D eigenvalue weighted by molar-refractivity contribution is 0.218. The number of ether oxygens (including phenoxy) is 1. The summed E-state index contributed by atoms with van der Waals surface area (Å²) in [6, 6.07) is 3.01. The predicted octanol–water partition coefficient (Wildman–Crippen LogP) is 2.18. The molecule has 0 radical (unpaired) electrons. The molecule has 0 heterocycles. The van der Waals surface area contributed by atoms with Crippen LogP contribution in [-0.4, -0.2) is 36.8 Å².